The van der Waals surface area contributed by atoms with Crippen molar-refractivity contribution in [3.63, 3.8) is 0 Å². The minimum Gasteiger partial charge on any atom is -0.497 e. The van der Waals surface area contributed by atoms with Crippen molar-refractivity contribution in [3.8, 4) is 11.5 Å². The van der Waals surface area contributed by atoms with Crippen LogP contribution in [0, 0.1) is 0 Å². The monoisotopic (exact) mass is 210 g/mol. The standard InChI is InChI=1S/C11H18N2O2/c1-13-10-8-9(14-2)4-5-11(10)15-7-3-6-12/h4-5,8,13H,3,6-7,12H2,1-2H3. The third-order valence-corrected chi connectivity index (χ3v) is 2.06. The van der Waals surface area contributed by atoms with E-state index in [-0.39, 0.29) is 0 Å². The smallest absolute Gasteiger partial charge is 0.142 e. The van der Waals surface area contributed by atoms with Crippen LogP contribution >= 0.6 is 0 Å². The Kier molecular flexibility index (Phi) is 4.77. The van der Waals surface area contributed by atoms with E-state index < -0.39 is 0 Å². The zero-order chi connectivity index (χ0) is 11.1. The van der Waals surface area contributed by atoms with E-state index in [0.29, 0.717) is 13.2 Å². The van der Waals surface area contributed by atoms with E-state index in [0.717, 1.165) is 23.6 Å². The number of anilines is 1. The zero-order valence-corrected chi connectivity index (χ0v) is 9.25. The molecule has 0 aromatic heterocycles. The lowest BCUT2D eigenvalue weighted by Gasteiger charge is -2.12. The van der Waals surface area contributed by atoms with Crippen molar-refractivity contribution in [3.05, 3.63) is 18.2 Å². The Morgan fingerprint density at radius 1 is 1.40 bits per heavy atom. The third-order valence-electron chi connectivity index (χ3n) is 2.06. The van der Waals surface area contributed by atoms with E-state index in [1.165, 1.54) is 0 Å². The quantitative estimate of drug-likeness (QED) is 0.698. The van der Waals surface area contributed by atoms with Crippen LogP contribution in [0.15, 0.2) is 18.2 Å². The fourth-order valence-corrected chi connectivity index (χ4v) is 1.22. The first-order valence-electron chi connectivity index (χ1n) is 5.00. The van der Waals surface area contributed by atoms with Crippen LogP contribution in [0.25, 0.3) is 0 Å². The van der Waals surface area contributed by atoms with Crippen LogP contribution in [0.1, 0.15) is 6.42 Å². The Hall–Kier alpha value is -1.42. The van der Waals surface area contributed by atoms with Gasteiger partial charge in [-0.3, -0.25) is 0 Å². The van der Waals surface area contributed by atoms with E-state index in [1.54, 1.807) is 7.11 Å². The molecule has 0 aliphatic carbocycles. The predicted molar refractivity (Wildman–Crippen MR) is 61.7 cm³/mol. The molecule has 3 N–H and O–H groups in total. The molecule has 1 rings (SSSR count). The van der Waals surface area contributed by atoms with Crippen molar-refractivity contribution in [2.75, 3.05) is 32.6 Å². The number of ether oxygens (including phenoxy) is 2. The van der Waals surface area contributed by atoms with Gasteiger partial charge in [0.1, 0.15) is 11.5 Å². The van der Waals surface area contributed by atoms with Gasteiger partial charge in [-0.25, -0.2) is 0 Å². The molecule has 84 valence electrons. The molecule has 0 fully saturated rings. The number of nitrogens with two attached hydrogens (primary N) is 1. The number of benzene rings is 1. The number of rotatable bonds is 6. The van der Waals surface area contributed by atoms with Crippen LogP contribution in [-0.4, -0.2) is 27.3 Å². The Balaban J connectivity index is 2.69. The summed E-state index contributed by atoms with van der Waals surface area (Å²) in [6.45, 7) is 1.28. The van der Waals surface area contributed by atoms with Crippen LogP contribution < -0.4 is 20.5 Å². The summed E-state index contributed by atoms with van der Waals surface area (Å²) in [5.41, 5.74) is 6.32. The van der Waals surface area contributed by atoms with Crippen LogP contribution in [0.3, 0.4) is 0 Å². The molecule has 4 heteroatoms. The maximum atomic E-state index is 5.57. The summed E-state index contributed by atoms with van der Waals surface area (Å²) in [6, 6.07) is 5.66. The summed E-state index contributed by atoms with van der Waals surface area (Å²) < 4.78 is 10.7. The molecule has 0 heterocycles. The minimum atomic E-state index is 0.636. The van der Waals surface area contributed by atoms with Gasteiger partial charge in [-0.2, -0.15) is 0 Å². The first-order chi connectivity index (χ1) is 7.31. The third kappa shape index (κ3) is 3.32. The lowest BCUT2D eigenvalue weighted by atomic mass is 10.2. The van der Waals surface area contributed by atoms with Crippen LogP contribution in [-0.2, 0) is 0 Å². The van der Waals surface area contributed by atoms with Crippen molar-refractivity contribution >= 4 is 5.69 Å². The zero-order valence-electron chi connectivity index (χ0n) is 9.25. The van der Waals surface area contributed by atoms with Crippen LogP contribution in [0.5, 0.6) is 11.5 Å². The van der Waals surface area contributed by atoms with Gasteiger partial charge in [0, 0.05) is 13.1 Å². The van der Waals surface area contributed by atoms with Gasteiger partial charge in [0.15, 0.2) is 0 Å². The average Bonchev–Trinajstić information content (AvgIpc) is 2.29. The van der Waals surface area contributed by atoms with Crippen LogP contribution in [0.4, 0.5) is 5.69 Å². The van der Waals surface area contributed by atoms with Crippen LogP contribution in [0.2, 0.25) is 0 Å². The van der Waals surface area contributed by atoms with Crippen molar-refractivity contribution < 1.29 is 9.47 Å². The van der Waals surface area contributed by atoms with Gasteiger partial charge >= 0.3 is 0 Å². The molecule has 0 unspecified atom stereocenters. The van der Waals surface area contributed by atoms with E-state index >= 15 is 0 Å². The molecule has 0 bridgehead atoms. The summed E-state index contributed by atoms with van der Waals surface area (Å²) >= 11 is 0. The van der Waals surface area contributed by atoms with Gasteiger partial charge in [-0.15, -0.1) is 0 Å². The molecular formula is C11H18N2O2. The van der Waals surface area contributed by atoms with Crippen molar-refractivity contribution in [1.29, 1.82) is 0 Å². The van der Waals surface area contributed by atoms with E-state index in [4.69, 9.17) is 15.2 Å². The summed E-state index contributed by atoms with van der Waals surface area (Å²) in [7, 11) is 3.49. The SMILES string of the molecule is CNc1cc(OC)ccc1OCCCN. The lowest BCUT2D eigenvalue weighted by Crippen LogP contribution is -2.07. The van der Waals surface area contributed by atoms with Crippen molar-refractivity contribution in [2.45, 2.75) is 6.42 Å². The molecule has 4 nitrogen and oxygen atoms in total. The number of hydrogen-bond acceptors (Lipinski definition) is 4. The van der Waals surface area contributed by atoms with Gasteiger partial charge in [0.25, 0.3) is 0 Å². The largest absolute Gasteiger partial charge is 0.497 e. The number of nitrogens with one attached hydrogen (secondary N) is 1. The molecular weight excluding hydrogens is 192 g/mol. The Labute approximate surface area is 90.4 Å². The highest BCUT2D eigenvalue weighted by molar-refractivity contribution is 5.59. The fourth-order valence-electron chi connectivity index (χ4n) is 1.22. The minimum absolute atomic E-state index is 0.636. The predicted octanol–water partition coefficient (Wildman–Crippen LogP) is 1.46. The summed E-state index contributed by atoms with van der Waals surface area (Å²) in [5, 5.41) is 3.06. The van der Waals surface area contributed by atoms with Gasteiger partial charge in [0.2, 0.25) is 0 Å². The molecule has 0 spiro atoms. The Morgan fingerprint density at radius 2 is 2.20 bits per heavy atom. The molecule has 0 atom stereocenters. The maximum absolute atomic E-state index is 5.57. The molecule has 0 amide bonds. The summed E-state index contributed by atoms with van der Waals surface area (Å²) in [4.78, 5) is 0. The average molecular weight is 210 g/mol. The Morgan fingerprint density at radius 3 is 2.80 bits per heavy atom. The van der Waals surface area contributed by atoms with Crippen molar-refractivity contribution in [2.24, 2.45) is 5.73 Å². The first-order valence-corrected chi connectivity index (χ1v) is 5.00. The van der Waals surface area contributed by atoms with E-state index in [9.17, 15) is 0 Å². The normalized spacial score (nSPS) is 9.80. The highest BCUT2D eigenvalue weighted by Gasteiger charge is 2.03. The second kappa shape index (κ2) is 6.14. The van der Waals surface area contributed by atoms with E-state index in [1.807, 2.05) is 25.2 Å². The van der Waals surface area contributed by atoms with Gasteiger partial charge in [-0.1, -0.05) is 0 Å². The number of hydrogen-bond donors (Lipinski definition) is 2. The summed E-state index contributed by atoms with van der Waals surface area (Å²) in [6.07, 6.45) is 0.856. The number of methoxy groups -OCH3 is 1. The molecule has 15 heavy (non-hydrogen) atoms. The van der Waals surface area contributed by atoms with Gasteiger partial charge in [-0.05, 0) is 25.1 Å². The molecule has 1 aromatic rings. The van der Waals surface area contributed by atoms with E-state index in [2.05, 4.69) is 5.32 Å². The molecule has 0 aliphatic heterocycles. The molecule has 0 saturated heterocycles. The Bertz CT molecular complexity index is 303. The molecule has 0 saturated carbocycles. The van der Waals surface area contributed by atoms with Gasteiger partial charge in [0.05, 0.1) is 19.4 Å². The fraction of sp³-hybridized carbons (Fsp3) is 0.455. The first kappa shape index (κ1) is 11.7. The highest BCUT2D eigenvalue weighted by atomic mass is 16.5. The topological polar surface area (TPSA) is 56.5 Å². The molecule has 0 radical (unpaired) electrons. The summed E-state index contributed by atoms with van der Waals surface area (Å²) in [5.74, 6) is 1.64. The second-order valence-electron chi connectivity index (χ2n) is 3.10. The maximum Gasteiger partial charge on any atom is 0.142 e. The lowest BCUT2D eigenvalue weighted by molar-refractivity contribution is 0.314. The van der Waals surface area contributed by atoms with Gasteiger partial charge < -0.3 is 20.5 Å². The molecule has 0 aliphatic rings. The highest BCUT2D eigenvalue weighted by Crippen LogP contribution is 2.28. The van der Waals surface area contributed by atoms with Crippen molar-refractivity contribution in [1.82, 2.24) is 0 Å². The molecule has 1 aromatic carbocycles. The second-order valence-corrected chi connectivity index (χ2v) is 3.10.